The topological polar surface area (TPSA) is 80.2 Å². The summed E-state index contributed by atoms with van der Waals surface area (Å²) in [4.78, 5) is 24.2. The van der Waals surface area contributed by atoms with Gasteiger partial charge in [-0.15, -0.1) is 11.3 Å². The first-order valence-corrected chi connectivity index (χ1v) is 10.3. The van der Waals surface area contributed by atoms with Crippen LogP contribution < -0.4 is 10.2 Å². The molecule has 0 saturated carbocycles. The van der Waals surface area contributed by atoms with Crippen molar-refractivity contribution in [3.63, 3.8) is 0 Å². The molecule has 0 bridgehead atoms. The number of carbonyl (C=O) groups excluding carboxylic acids is 1. The largest absolute Gasteiger partial charge is 0.378 e. The minimum atomic E-state index is -0.233. The third kappa shape index (κ3) is 4.11. The summed E-state index contributed by atoms with van der Waals surface area (Å²) in [6, 6.07) is 7.43. The first-order valence-electron chi connectivity index (χ1n) is 8.31. The monoisotopic (exact) mass is 421 g/mol. The number of benzene rings is 1. The van der Waals surface area contributed by atoms with Crippen molar-refractivity contribution in [1.29, 1.82) is 0 Å². The van der Waals surface area contributed by atoms with Gasteiger partial charge in [-0.1, -0.05) is 23.7 Å². The number of hydrogen-bond donors (Lipinski definition) is 1. The van der Waals surface area contributed by atoms with Gasteiger partial charge in [-0.25, -0.2) is 4.98 Å². The maximum Gasteiger partial charge on any atom is 0.269 e. The van der Waals surface area contributed by atoms with Crippen LogP contribution in [0.5, 0.6) is 0 Å². The van der Waals surface area contributed by atoms with E-state index in [-0.39, 0.29) is 5.91 Å². The van der Waals surface area contributed by atoms with Crippen molar-refractivity contribution in [2.45, 2.75) is 6.92 Å². The van der Waals surface area contributed by atoms with Crippen molar-refractivity contribution >= 4 is 51.5 Å². The summed E-state index contributed by atoms with van der Waals surface area (Å²) in [5.41, 5.74) is 1.56. The number of halogens is 1. The number of anilines is 2. The Morgan fingerprint density at radius 1 is 1.30 bits per heavy atom. The van der Waals surface area contributed by atoms with Crippen LogP contribution in [0, 0.1) is 6.92 Å². The van der Waals surface area contributed by atoms with E-state index >= 15 is 0 Å². The zero-order valence-corrected chi connectivity index (χ0v) is 16.8. The highest BCUT2D eigenvalue weighted by Crippen LogP contribution is 2.30. The van der Waals surface area contributed by atoms with Gasteiger partial charge in [0.2, 0.25) is 11.1 Å². The van der Waals surface area contributed by atoms with Crippen molar-refractivity contribution in [1.82, 2.24) is 14.3 Å². The molecule has 1 amide bonds. The van der Waals surface area contributed by atoms with E-state index in [4.69, 9.17) is 16.3 Å². The lowest BCUT2D eigenvalue weighted by Gasteiger charge is -2.25. The highest BCUT2D eigenvalue weighted by molar-refractivity contribution is 7.17. The Morgan fingerprint density at radius 3 is 2.89 bits per heavy atom. The molecular weight excluding hydrogens is 406 g/mol. The second kappa shape index (κ2) is 7.89. The van der Waals surface area contributed by atoms with E-state index in [1.165, 1.54) is 22.9 Å². The number of rotatable bonds is 4. The number of hydrogen-bond acceptors (Lipinski definition) is 8. The first kappa shape index (κ1) is 18.3. The van der Waals surface area contributed by atoms with Crippen LogP contribution in [0.3, 0.4) is 0 Å². The lowest BCUT2D eigenvalue weighted by molar-refractivity contribution is 0.102. The van der Waals surface area contributed by atoms with E-state index in [2.05, 4.69) is 19.7 Å². The molecular formula is C17H16ClN5O2S2. The zero-order valence-electron chi connectivity index (χ0n) is 14.4. The molecule has 0 unspecified atom stereocenters. The van der Waals surface area contributed by atoms with Crippen LogP contribution >= 0.6 is 34.5 Å². The van der Waals surface area contributed by atoms with Crippen molar-refractivity contribution in [2.24, 2.45) is 0 Å². The van der Waals surface area contributed by atoms with Crippen LogP contribution in [0.2, 0.25) is 5.02 Å². The van der Waals surface area contributed by atoms with Gasteiger partial charge in [-0.2, -0.15) is 9.36 Å². The molecule has 1 saturated heterocycles. The summed E-state index contributed by atoms with van der Waals surface area (Å²) in [5.74, 6) is 0.391. The van der Waals surface area contributed by atoms with Crippen LogP contribution in [-0.4, -0.2) is 46.6 Å². The molecule has 3 heterocycles. The number of morpholine rings is 1. The van der Waals surface area contributed by atoms with E-state index in [0.717, 1.165) is 23.7 Å². The number of nitrogens with zero attached hydrogens (tertiary/aromatic N) is 4. The minimum Gasteiger partial charge on any atom is -0.378 e. The Morgan fingerprint density at radius 2 is 2.11 bits per heavy atom. The Hall–Kier alpha value is -2.07. The van der Waals surface area contributed by atoms with Crippen LogP contribution in [-0.2, 0) is 4.74 Å². The Labute approximate surface area is 169 Å². The lowest BCUT2D eigenvalue weighted by atomic mass is 10.2. The molecule has 0 radical (unpaired) electrons. The van der Waals surface area contributed by atoms with Crippen molar-refractivity contribution < 1.29 is 9.53 Å². The van der Waals surface area contributed by atoms with E-state index in [0.29, 0.717) is 39.9 Å². The molecule has 3 aromatic rings. The van der Waals surface area contributed by atoms with Crippen LogP contribution in [0.1, 0.15) is 15.4 Å². The maximum atomic E-state index is 12.7. The van der Waals surface area contributed by atoms with Crippen molar-refractivity contribution in [2.75, 3.05) is 36.5 Å². The normalized spacial score (nSPS) is 14.4. The number of carbonyl (C=O) groups is 1. The average Bonchev–Trinajstić information content (AvgIpc) is 3.29. The number of amides is 1. The molecule has 140 valence electrons. The molecule has 1 N–H and O–H groups in total. The second-order valence-electron chi connectivity index (χ2n) is 5.90. The summed E-state index contributed by atoms with van der Waals surface area (Å²) in [7, 11) is 0. The third-order valence-corrected chi connectivity index (χ3v) is 6.07. The van der Waals surface area contributed by atoms with E-state index in [1.54, 1.807) is 6.07 Å². The minimum absolute atomic E-state index is 0.233. The molecule has 1 fully saturated rings. The summed E-state index contributed by atoms with van der Waals surface area (Å²) in [6.45, 7) is 4.64. The number of aromatic nitrogens is 3. The molecule has 2 aromatic heterocycles. The molecule has 1 aromatic carbocycles. The Kier molecular flexibility index (Phi) is 5.35. The number of thiazole rings is 1. The molecule has 4 rings (SSSR count). The van der Waals surface area contributed by atoms with Gasteiger partial charge < -0.3 is 9.64 Å². The number of nitrogens with one attached hydrogen (secondary N) is 1. The Bertz CT molecular complexity index is 968. The van der Waals surface area contributed by atoms with E-state index in [1.807, 2.05) is 30.0 Å². The van der Waals surface area contributed by atoms with Gasteiger partial charge in [0, 0.05) is 35.2 Å². The number of aryl methyl sites for hydroxylation is 1. The molecule has 27 heavy (non-hydrogen) atoms. The van der Waals surface area contributed by atoms with Crippen LogP contribution in [0.25, 0.3) is 10.6 Å². The van der Waals surface area contributed by atoms with E-state index in [9.17, 15) is 4.79 Å². The fourth-order valence-electron chi connectivity index (χ4n) is 2.66. The van der Waals surface area contributed by atoms with Gasteiger partial charge in [0.05, 0.1) is 18.9 Å². The summed E-state index contributed by atoms with van der Waals surface area (Å²) in [5, 5.41) is 4.69. The maximum absolute atomic E-state index is 12.7. The highest BCUT2D eigenvalue weighted by Gasteiger charge is 2.20. The second-order valence-corrected chi connectivity index (χ2v) is 8.08. The molecule has 10 heteroatoms. The zero-order chi connectivity index (χ0) is 18.8. The molecule has 1 aliphatic heterocycles. The van der Waals surface area contributed by atoms with Crippen LogP contribution in [0.4, 0.5) is 11.1 Å². The summed E-state index contributed by atoms with van der Waals surface area (Å²) < 4.78 is 9.66. The van der Waals surface area contributed by atoms with Gasteiger partial charge in [0.1, 0.15) is 9.88 Å². The summed E-state index contributed by atoms with van der Waals surface area (Å²) >= 11 is 8.55. The molecule has 0 spiro atoms. The van der Waals surface area contributed by atoms with Crippen molar-refractivity contribution in [3.8, 4) is 10.6 Å². The average molecular weight is 422 g/mol. The van der Waals surface area contributed by atoms with Crippen LogP contribution in [0.15, 0.2) is 24.3 Å². The Balaban J connectivity index is 1.49. The summed E-state index contributed by atoms with van der Waals surface area (Å²) in [6.07, 6.45) is 0. The van der Waals surface area contributed by atoms with Gasteiger partial charge >= 0.3 is 0 Å². The standard InChI is InChI=1S/C17H16ClN5O2S2/c1-10-13(26-15(19-10)11-3-2-4-12(18)9-11)14(24)20-17-21-16(22-27-17)23-5-7-25-8-6-23/h2-4,9H,5-8H2,1H3,(H,20,21,22,24). The van der Waals surface area contributed by atoms with Gasteiger partial charge in [0.15, 0.2) is 0 Å². The number of ether oxygens (including phenoxy) is 1. The lowest BCUT2D eigenvalue weighted by Crippen LogP contribution is -2.36. The van der Waals surface area contributed by atoms with Gasteiger partial charge in [0.25, 0.3) is 5.91 Å². The van der Waals surface area contributed by atoms with E-state index < -0.39 is 0 Å². The van der Waals surface area contributed by atoms with Gasteiger partial charge in [-0.3, -0.25) is 10.1 Å². The smallest absolute Gasteiger partial charge is 0.269 e. The fraction of sp³-hybridized carbons (Fsp3) is 0.294. The van der Waals surface area contributed by atoms with Crippen molar-refractivity contribution in [3.05, 3.63) is 39.9 Å². The predicted octanol–water partition coefficient (Wildman–Crippen LogP) is 3.71. The van der Waals surface area contributed by atoms with Gasteiger partial charge in [-0.05, 0) is 19.1 Å². The third-order valence-electron chi connectivity index (χ3n) is 4.00. The quantitative estimate of drug-likeness (QED) is 0.691. The highest BCUT2D eigenvalue weighted by atomic mass is 35.5. The fourth-order valence-corrected chi connectivity index (χ4v) is 4.40. The molecule has 0 aliphatic carbocycles. The molecule has 0 atom stereocenters. The SMILES string of the molecule is Cc1nc(-c2cccc(Cl)c2)sc1C(=O)Nc1nc(N2CCOCC2)ns1. The predicted molar refractivity (Wildman–Crippen MR) is 108 cm³/mol. The first-order chi connectivity index (χ1) is 13.1. The molecule has 1 aliphatic rings. The molecule has 7 nitrogen and oxygen atoms in total.